The maximum absolute atomic E-state index is 14.1. The number of aromatic nitrogens is 2. The lowest BCUT2D eigenvalue weighted by Crippen LogP contribution is -2.54. The van der Waals surface area contributed by atoms with Gasteiger partial charge in [0.2, 0.25) is 11.9 Å². The van der Waals surface area contributed by atoms with E-state index in [1.807, 2.05) is 51.1 Å². The lowest BCUT2D eigenvalue weighted by molar-refractivity contribution is -0.128. The van der Waals surface area contributed by atoms with Gasteiger partial charge in [0.25, 0.3) is 5.91 Å². The molecule has 1 saturated carbocycles. The minimum atomic E-state index is -0.537. The van der Waals surface area contributed by atoms with Gasteiger partial charge in [0.15, 0.2) is 0 Å². The monoisotopic (exact) mass is 491 g/mol. The predicted octanol–water partition coefficient (Wildman–Crippen LogP) is 5.07. The van der Waals surface area contributed by atoms with Gasteiger partial charge in [-0.3, -0.25) is 9.59 Å². The van der Waals surface area contributed by atoms with Crippen molar-refractivity contribution in [2.24, 2.45) is 5.92 Å². The van der Waals surface area contributed by atoms with Gasteiger partial charge in [-0.1, -0.05) is 70.4 Å². The minimum Gasteiger partial charge on any atom is -0.352 e. The average Bonchev–Trinajstić information content (AvgIpc) is 3.44. The Bertz CT molecular complexity index is 1010. The number of nitrogens with zero attached hydrogens (tertiary/aromatic N) is 4. The van der Waals surface area contributed by atoms with Crippen molar-refractivity contribution in [1.29, 1.82) is 0 Å². The number of hydrogen-bond acceptors (Lipinski definition) is 5. The molecule has 2 fully saturated rings. The van der Waals surface area contributed by atoms with Gasteiger partial charge in [-0.25, -0.2) is 9.97 Å². The molecule has 2 heterocycles. The summed E-state index contributed by atoms with van der Waals surface area (Å²) < 4.78 is 0. The van der Waals surface area contributed by atoms with Crippen molar-refractivity contribution >= 4 is 17.8 Å². The first-order valence-corrected chi connectivity index (χ1v) is 13.8. The van der Waals surface area contributed by atoms with Crippen molar-refractivity contribution in [2.45, 2.75) is 84.2 Å². The van der Waals surface area contributed by atoms with Crippen LogP contribution in [0.2, 0.25) is 0 Å². The van der Waals surface area contributed by atoms with Gasteiger partial charge in [0.1, 0.15) is 11.7 Å². The van der Waals surface area contributed by atoms with E-state index in [0.717, 1.165) is 69.3 Å². The molecular formula is C29H41N5O2. The summed E-state index contributed by atoms with van der Waals surface area (Å²) in [5.74, 6) is 0.337. The molecule has 1 N–H and O–H groups in total. The second-order valence-corrected chi connectivity index (χ2v) is 10.5. The highest BCUT2D eigenvalue weighted by Crippen LogP contribution is 2.25. The van der Waals surface area contributed by atoms with Crippen molar-refractivity contribution < 1.29 is 9.59 Å². The summed E-state index contributed by atoms with van der Waals surface area (Å²) in [5.41, 5.74) is 2.04. The zero-order valence-electron chi connectivity index (χ0n) is 22.1. The fraction of sp³-hybridized carbons (Fsp3) is 0.586. The van der Waals surface area contributed by atoms with Crippen LogP contribution in [0.1, 0.15) is 82.6 Å². The molecule has 1 aromatic carbocycles. The molecule has 0 spiro atoms. The van der Waals surface area contributed by atoms with Crippen LogP contribution >= 0.6 is 0 Å². The van der Waals surface area contributed by atoms with Gasteiger partial charge < -0.3 is 15.1 Å². The number of rotatable bonds is 9. The van der Waals surface area contributed by atoms with Gasteiger partial charge in [-0.15, -0.1) is 0 Å². The summed E-state index contributed by atoms with van der Waals surface area (Å²) in [6, 6.07) is 11.4. The van der Waals surface area contributed by atoms with Crippen LogP contribution in [0.25, 0.3) is 11.3 Å². The molecule has 7 heteroatoms. The molecule has 1 unspecified atom stereocenters. The lowest BCUT2D eigenvalue weighted by Gasteiger charge is -2.35. The zero-order chi connectivity index (χ0) is 25.5. The topological polar surface area (TPSA) is 78.4 Å². The molecule has 1 aliphatic carbocycles. The van der Waals surface area contributed by atoms with Crippen LogP contribution in [0, 0.1) is 5.92 Å². The highest BCUT2D eigenvalue weighted by molar-refractivity contribution is 5.97. The molecule has 0 bridgehead atoms. The van der Waals surface area contributed by atoms with Crippen LogP contribution in [0.3, 0.4) is 0 Å². The average molecular weight is 492 g/mol. The fourth-order valence-corrected chi connectivity index (χ4v) is 5.45. The lowest BCUT2D eigenvalue weighted by atomic mass is 9.94. The number of hydrogen-bond donors (Lipinski definition) is 1. The van der Waals surface area contributed by atoms with Crippen molar-refractivity contribution in [1.82, 2.24) is 20.2 Å². The number of anilines is 1. The number of nitrogens with one attached hydrogen (secondary N) is 1. The Kier molecular flexibility index (Phi) is 8.94. The Labute approximate surface area is 215 Å². The normalized spacial score (nSPS) is 17.3. The third-order valence-corrected chi connectivity index (χ3v) is 7.30. The highest BCUT2D eigenvalue weighted by atomic mass is 16.2. The molecule has 2 aliphatic rings. The molecular weight excluding hydrogens is 450 g/mol. The van der Waals surface area contributed by atoms with E-state index in [1.165, 1.54) is 6.42 Å². The molecule has 0 radical (unpaired) electrons. The summed E-state index contributed by atoms with van der Waals surface area (Å²) in [4.78, 5) is 41.1. The van der Waals surface area contributed by atoms with Crippen molar-refractivity contribution in [3.8, 4) is 11.3 Å². The van der Waals surface area contributed by atoms with E-state index in [9.17, 15) is 9.59 Å². The van der Waals surface area contributed by atoms with E-state index in [-0.39, 0.29) is 23.8 Å². The van der Waals surface area contributed by atoms with Gasteiger partial charge >= 0.3 is 0 Å². The predicted molar refractivity (Wildman–Crippen MR) is 144 cm³/mol. The second kappa shape index (κ2) is 12.3. The molecule has 194 valence electrons. The van der Waals surface area contributed by atoms with Crippen LogP contribution in [0.4, 0.5) is 5.95 Å². The van der Waals surface area contributed by atoms with Crippen molar-refractivity contribution in [3.05, 3.63) is 42.1 Å². The zero-order valence-corrected chi connectivity index (χ0v) is 22.1. The van der Waals surface area contributed by atoms with Gasteiger partial charge in [-0.05, 0) is 44.1 Å². The Morgan fingerprint density at radius 1 is 1.03 bits per heavy atom. The van der Waals surface area contributed by atoms with E-state index in [2.05, 4.69) is 10.2 Å². The van der Waals surface area contributed by atoms with Crippen LogP contribution in [0.15, 0.2) is 36.4 Å². The SMILES string of the molecule is CCCN(C(=O)c1cc(-c2ccccc2)nc(N2CCCC2)n1)C(C(=O)NC1CCCCC1)C(C)C. The first-order chi connectivity index (χ1) is 17.5. The number of benzene rings is 1. The van der Waals surface area contributed by atoms with E-state index < -0.39 is 6.04 Å². The van der Waals surface area contributed by atoms with E-state index >= 15 is 0 Å². The second-order valence-electron chi connectivity index (χ2n) is 10.5. The largest absolute Gasteiger partial charge is 0.352 e. The van der Waals surface area contributed by atoms with Gasteiger partial charge in [0.05, 0.1) is 5.69 Å². The molecule has 1 saturated heterocycles. The first kappa shape index (κ1) is 26.1. The van der Waals surface area contributed by atoms with Crippen LogP contribution in [-0.2, 0) is 4.79 Å². The molecule has 7 nitrogen and oxygen atoms in total. The molecule has 36 heavy (non-hydrogen) atoms. The Balaban J connectivity index is 1.67. The molecule has 1 atom stereocenters. The smallest absolute Gasteiger partial charge is 0.273 e. The maximum Gasteiger partial charge on any atom is 0.273 e. The summed E-state index contributed by atoms with van der Waals surface area (Å²) in [5, 5.41) is 3.27. The fourth-order valence-electron chi connectivity index (χ4n) is 5.45. The molecule has 2 aromatic rings. The molecule has 1 aliphatic heterocycles. The van der Waals surface area contributed by atoms with Crippen molar-refractivity contribution in [3.63, 3.8) is 0 Å². The van der Waals surface area contributed by atoms with Gasteiger partial charge in [0, 0.05) is 31.2 Å². The van der Waals surface area contributed by atoms with Crippen molar-refractivity contribution in [2.75, 3.05) is 24.5 Å². The number of carbonyl (C=O) groups is 2. The maximum atomic E-state index is 14.1. The molecule has 1 aromatic heterocycles. The first-order valence-electron chi connectivity index (χ1n) is 13.8. The summed E-state index contributed by atoms with van der Waals surface area (Å²) >= 11 is 0. The standard InChI is InChI=1S/C29H41N5O2/c1-4-17-34(26(21(2)3)27(35)30-23-15-9-6-10-16-23)28(36)25-20-24(22-13-7-5-8-14-22)31-29(32-25)33-18-11-12-19-33/h5,7-8,13-14,20-21,23,26H,4,6,9-12,15-19H2,1-3H3,(H,30,35). The van der Waals surface area contributed by atoms with Crippen LogP contribution < -0.4 is 10.2 Å². The minimum absolute atomic E-state index is 0.0161. The number of carbonyl (C=O) groups excluding carboxylic acids is 2. The Morgan fingerprint density at radius 2 is 1.72 bits per heavy atom. The summed E-state index contributed by atoms with van der Waals surface area (Å²) in [6.07, 6.45) is 8.53. The molecule has 2 amide bonds. The Morgan fingerprint density at radius 3 is 2.36 bits per heavy atom. The van der Waals surface area contributed by atoms with Gasteiger partial charge in [-0.2, -0.15) is 0 Å². The van der Waals surface area contributed by atoms with E-state index in [0.29, 0.717) is 18.2 Å². The highest BCUT2D eigenvalue weighted by Gasteiger charge is 2.35. The van der Waals surface area contributed by atoms with Crippen LogP contribution in [0.5, 0.6) is 0 Å². The number of amides is 2. The third kappa shape index (κ3) is 6.23. The van der Waals surface area contributed by atoms with E-state index in [4.69, 9.17) is 9.97 Å². The van der Waals surface area contributed by atoms with E-state index in [1.54, 1.807) is 11.0 Å². The quantitative estimate of drug-likeness (QED) is 0.530. The van der Waals surface area contributed by atoms with Crippen LogP contribution in [-0.4, -0.2) is 58.4 Å². The summed E-state index contributed by atoms with van der Waals surface area (Å²) in [6.45, 7) is 8.37. The third-order valence-electron chi connectivity index (χ3n) is 7.30. The Hall–Kier alpha value is -2.96. The molecule has 4 rings (SSSR count). The summed E-state index contributed by atoms with van der Waals surface area (Å²) in [7, 11) is 0.